The number of methoxy groups -OCH3 is 1. The maximum Gasteiger partial charge on any atom is 0.338 e. The van der Waals surface area contributed by atoms with Gasteiger partial charge in [-0.15, -0.1) is 0 Å². The Hall–Kier alpha value is -2.00. The van der Waals surface area contributed by atoms with Crippen molar-refractivity contribution in [3.63, 3.8) is 0 Å². The maximum atomic E-state index is 11.3. The lowest BCUT2D eigenvalue weighted by Gasteiger charge is -2.05. The summed E-state index contributed by atoms with van der Waals surface area (Å²) < 4.78 is 4.65. The zero-order valence-electron chi connectivity index (χ0n) is 9.30. The number of azide groups is 1. The van der Waals surface area contributed by atoms with Crippen LogP contribution >= 0.6 is 0 Å². The Bertz CT molecular complexity index is 437. The Morgan fingerprint density at radius 1 is 1.56 bits per heavy atom. The van der Waals surface area contributed by atoms with Gasteiger partial charge in [-0.1, -0.05) is 17.2 Å². The molecule has 0 aliphatic heterocycles. The summed E-state index contributed by atoms with van der Waals surface area (Å²) in [5, 5.41) is 3.46. The normalized spacial score (nSPS) is 9.38. The van der Waals surface area contributed by atoms with Crippen molar-refractivity contribution in [1.82, 2.24) is 0 Å². The van der Waals surface area contributed by atoms with Crippen LogP contribution in [0.1, 0.15) is 21.5 Å². The number of nitrogens with zero attached hydrogens (tertiary/aromatic N) is 3. The molecule has 0 heterocycles. The lowest BCUT2D eigenvalue weighted by molar-refractivity contribution is 0.0600. The predicted octanol–water partition coefficient (Wildman–Crippen LogP) is 2.63. The van der Waals surface area contributed by atoms with Crippen LogP contribution in [0, 0.1) is 6.92 Å². The van der Waals surface area contributed by atoms with Crippen LogP contribution in [0.15, 0.2) is 23.3 Å². The van der Waals surface area contributed by atoms with Crippen LogP contribution in [0.25, 0.3) is 10.4 Å². The van der Waals surface area contributed by atoms with E-state index in [9.17, 15) is 4.79 Å². The molecule has 84 valence electrons. The smallest absolute Gasteiger partial charge is 0.338 e. The third-order valence-corrected chi connectivity index (χ3v) is 2.26. The molecule has 0 bridgehead atoms. The van der Waals surface area contributed by atoms with Gasteiger partial charge in [0.2, 0.25) is 0 Å². The Kier molecular flexibility index (Phi) is 4.36. The second-order valence-corrected chi connectivity index (χ2v) is 3.35. The number of carbonyl (C=O) groups is 1. The number of aryl methyl sites for hydroxylation is 1. The van der Waals surface area contributed by atoms with Crippen LogP contribution in [0.2, 0.25) is 0 Å². The molecule has 0 fully saturated rings. The van der Waals surface area contributed by atoms with E-state index in [-0.39, 0.29) is 5.97 Å². The van der Waals surface area contributed by atoms with Gasteiger partial charge in [0, 0.05) is 11.5 Å². The highest BCUT2D eigenvalue weighted by Crippen LogP contribution is 2.12. The molecule has 5 heteroatoms. The molecule has 1 aromatic carbocycles. The summed E-state index contributed by atoms with van der Waals surface area (Å²) in [6.07, 6.45) is 0.673. The molecule has 0 saturated heterocycles. The van der Waals surface area contributed by atoms with Crippen LogP contribution in [-0.4, -0.2) is 19.6 Å². The van der Waals surface area contributed by atoms with Crippen molar-refractivity contribution in [2.24, 2.45) is 5.11 Å². The molecule has 0 N–H and O–H groups in total. The maximum absolute atomic E-state index is 11.3. The van der Waals surface area contributed by atoms with Crippen molar-refractivity contribution in [2.45, 2.75) is 13.3 Å². The largest absolute Gasteiger partial charge is 0.465 e. The summed E-state index contributed by atoms with van der Waals surface area (Å²) >= 11 is 0. The zero-order valence-corrected chi connectivity index (χ0v) is 9.30. The number of hydrogen-bond acceptors (Lipinski definition) is 3. The standard InChI is InChI=1S/C11H13N3O2/c1-8-7-9(5-6-13-14-12)3-4-10(8)11(15)16-2/h3-4,7H,5-6H2,1-2H3. The van der Waals surface area contributed by atoms with Crippen LogP contribution in [0.3, 0.4) is 0 Å². The van der Waals surface area contributed by atoms with Gasteiger partial charge >= 0.3 is 5.97 Å². The number of rotatable bonds is 4. The van der Waals surface area contributed by atoms with Crippen molar-refractivity contribution in [3.8, 4) is 0 Å². The van der Waals surface area contributed by atoms with E-state index < -0.39 is 0 Å². The zero-order chi connectivity index (χ0) is 12.0. The van der Waals surface area contributed by atoms with Crippen molar-refractivity contribution in [3.05, 3.63) is 45.3 Å². The number of carbonyl (C=O) groups excluding carboxylic acids is 1. The SMILES string of the molecule is COC(=O)c1ccc(CCN=[N+]=[N-])cc1C. The monoisotopic (exact) mass is 219 g/mol. The number of benzene rings is 1. The van der Waals surface area contributed by atoms with Gasteiger partial charge in [-0.3, -0.25) is 0 Å². The molecule has 16 heavy (non-hydrogen) atoms. The molecule has 1 aromatic rings. The van der Waals surface area contributed by atoms with Crippen molar-refractivity contribution < 1.29 is 9.53 Å². The molecule has 0 spiro atoms. The third kappa shape index (κ3) is 3.00. The fraction of sp³-hybridized carbons (Fsp3) is 0.364. The predicted molar refractivity (Wildman–Crippen MR) is 60.2 cm³/mol. The Balaban J connectivity index is 2.82. The molecule has 0 saturated carbocycles. The van der Waals surface area contributed by atoms with Crippen LogP contribution in [-0.2, 0) is 11.2 Å². The first-order valence-corrected chi connectivity index (χ1v) is 4.87. The summed E-state index contributed by atoms with van der Waals surface area (Å²) in [7, 11) is 1.36. The summed E-state index contributed by atoms with van der Waals surface area (Å²) in [4.78, 5) is 14.0. The number of ether oxygens (including phenoxy) is 1. The second kappa shape index (κ2) is 5.78. The number of hydrogen-bond donors (Lipinski definition) is 0. The summed E-state index contributed by atoms with van der Waals surface area (Å²) in [5.74, 6) is -0.334. The Morgan fingerprint density at radius 2 is 2.31 bits per heavy atom. The van der Waals surface area contributed by atoms with E-state index in [0.717, 1.165) is 11.1 Å². The highest BCUT2D eigenvalue weighted by Gasteiger charge is 2.08. The van der Waals surface area contributed by atoms with Crippen molar-refractivity contribution >= 4 is 5.97 Å². The summed E-state index contributed by atoms with van der Waals surface area (Å²) in [6.45, 7) is 2.27. The van der Waals surface area contributed by atoms with E-state index in [4.69, 9.17) is 5.53 Å². The van der Waals surface area contributed by atoms with Gasteiger partial charge < -0.3 is 4.74 Å². The highest BCUT2D eigenvalue weighted by atomic mass is 16.5. The van der Waals surface area contributed by atoms with Gasteiger partial charge in [0.25, 0.3) is 0 Å². The quantitative estimate of drug-likeness (QED) is 0.338. The topological polar surface area (TPSA) is 75.1 Å². The molecule has 0 unspecified atom stereocenters. The van der Waals surface area contributed by atoms with Gasteiger partial charge in [-0.2, -0.15) is 0 Å². The van der Waals surface area contributed by atoms with Gasteiger partial charge in [0.05, 0.1) is 12.7 Å². The first kappa shape index (κ1) is 12.1. The fourth-order valence-corrected chi connectivity index (χ4v) is 1.44. The molecular weight excluding hydrogens is 206 g/mol. The Morgan fingerprint density at radius 3 is 2.88 bits per heavy atom. The van der Waals surface area contributed by atoms with Gasteiger partial charge in [-0.05, 0) is 36.1 Å². The van der Waals surface area contributed by atoms with Crippen molar-refractivity contribution in [1.29, 1.82) is 0 Å². The highest BCUT2D eigenvalue weighted by molar-refractivity contribution is 5.90. The van der Waals surface area contributed by atoms with E-state index in [0.29, 0.717) is 18.5 Å². The van der Waals surface area contributed by atoms with Gasteiger partial charge in [0.1, 0.15) is 0 Å². The molecular formula is C11H13N3O2. The van der Waals surface area contributed by atoms with E-state index in [1.165, 1.54) is 7.11 Å². The molecule has 0 aliphatic rings. The van der Waals surface area contributed by atoms with E-state index in [1.54, 1.807) is 6.07 Å². The van der Waals surface area contributed by atoms with Gasteiger partial charge in [0.15, 0.2) is 0 Å². The minimum Gasteiger partial charge on any atom is -0.465 e. The molecule has 1 rings (SSSR count). The minimum absolute atomic E-state index is 0.334. The van der Waals surface area contributed by atoms with Crippen molar-refractivity contribution in [2.75, 3.05) is 13.7 Å². The average Bonchev–Trinajstić information content (AvgIpc) is 2.29. The molecule has 0 aromatic heterocycles. The minimum atomic E-state index is -0.334. The summed E-state index contributed by atoms with van der Waals surface area (Å²) in [5.41, 5.74) is 10.6. The van der Waals surface area contributed by atoms with E-state index in [2.05, 4.69) is 14.8 Å². The summed E-state index contributed by atoms with van der Waals surface area (Å²) in [6, 6.07) is 5.47. The van der Waals surface area contributed by atoms with Crippen LogP contribution in [0.5, 0.6) is 0 Å². The molecule has 5 nitrogen and oxygen atoms in total. The second-order valence-electron chi connectivity index (χ2n) is 3.35. The van der Waals surface area contributed by atoms with Crippen LogP contribution < -0.4 is 0 Å². The lowest BCUT2D eigenvalue weighted by atomic mass is 10.0. The Labute approximate surface area is 93.7 Å². The lowest BCUT2D eigenvalue weighted by Crippen LogP contribution is -2.04. The van der Waals surface area contributed by atoms with E-state index in [1.807, 2.05) is 19.1 Å². The third-order valence-electron chi connectivity index (χ3n) is 2.26. The number of esters is 1. The molecule has 0 radical (unpaired) electrons. The van der Waals surface area contributed by atoms with Crippen LogP contribution in [0.4, 0.5) is 0 Å². The molecule has 0 aliphatic carbocycles. The van der Waals surface area contributed by atoms with E-state index >= 15 is 0 Å². The first-order chi connectivity index (χ1) is 7.69. The molecule has 0 amide bonds. The fourth-order valence-electron chi connectivity index (χ4n) is 1.44. The first-order valence-electron chi connectivity index (χ1n) is 4.87. The molecule has 0 atom stereocenters. The average molecular weight is 219 g/mol. The van der Waals surface area contributed by atoms with Gasteiger partial charge in [-0.25, -0.2) is 4.79 Å².